The number of piperazine rings is 1. The molecule has 1 fully saturated rings. The first-order valence-corrected chi connectivity index (χ1v) is 12.2. The number of carbonyl (C=O) groups excluding carboxylic acids is 1. The fraction of sp³-hybridized carbons (Fsp3) is 0.333. The van der Waals surface area contributed by atoms with Crippen molar-refractivity contribution in [2.75, 3.05) is 33.3 Å². The Morgan fingerprint density at radius 1 is 1.10 bits per heavy atom. The van der Waals surface area contributed by atoms with E-state index in [-0.39, 0.29) is 11.2 Å². The number of thiazole rings is 1. The molecule has 1 aliphatic rings. The summed E-state index contributed by atoms with van der Waals surface area (Å²) in [5.74, 6) is 1.04. The lowest BCUT2D eigenvalue weighted by Gasteiger charge is -2.35. The molecule has 1 aliphatic heterocycles. The molecule has 31 heavy (non-hydrogen) atoms. The van der Waals surface area contributed by atoms with Gasteiger partial charge in [0, 0.05) is 48.6 Å². The lowest BCUT2D eigenvalue weighted by Crippen LogP contribution is -2.50. The standard InChI is InChI=1S/C24H27N3O2S2/c1-18(31-22-10-8-21(29-2)9-11-22)24(28)27-14-12-26(13-15-27)16-20-17-30-23(25-20)19-6-4-3-5-7-19/h3-11,17-18H,12-16H2,1-2H3. The lowest BCUT2D eigenvalue weighted by atomic mass is 10.2. The third-order valence-electron chi connectivity index (χ3n) is 5.36. The van der Waals surface area contributed by atoms with Gasteiger partial charge in [-0.25, -0.2) is 4.98 Å². The summed E-state index contributed by atoms with van der Waals surface area (Å²) in [5, 5.41) is 3.11. The van der Waals surface area contributed by atoms with Crippen molar-refractivity contribution < 1.29 is 9.53 Å². The third-order valence-corrected chi connectivity index (χ3v) is 7.40. The molecule has 3 aromatic rings. The average Bonchev–Trinajstić information content (AvgIpc) is 3.28. The number of hydrogen-bond donors (Lipinski definition) is 0. The molecular weight excluding hydrogens is 426 g/mol. The van der Waals surface area contributed by atoms with Crippen molar-refractivity contribution in [1.82, 2.24) is 14.8 Å². The van der Waals surface area contributed by atoms with Crippen LogP contribution in [-0.2, 0) is 11.3 Å². The van der Waals surface area contributed by atoms with E-state index in [1.54, 1.807) is 30.2 Å². The molecule has 1 unspecified atom stereocenters. The summed E-state index contributed by atoms with van der Waals surface area (Å²) >= 11 is 3.29. The number of hydrogen-bond acceptors (Lipinski definition) is 6. The monoisotopic (exact) mass is 453 g/mol. The molecule has 1 aromatic heterocycles. The van der Waals surface area contributed by atoms with Crippen LogP contribution < -0.4 is 4.74 Å². The van der Waals surface area contributed by atoms with Crippen LogP contribution in [-0.4, -0.2) is 59.2 Å². The zero-order valence-corrected chi connectivity index (χ0v) is 19.5. The maximum absolute atomic E-state index is 12.9. The quantitative estimate of drug-likeness (QED) is 0.488. The van der Waals surface area contributed by atoms with E-state index in [1.807, 2.05) is 54.3 Å². The van der Waals surface area contributed by atoms with E-state index < -0.39 is 0 Å². The van der Waals surface area contributed by atoms with Gasteiger partial charge in [0.15, 0.2) is 0 Å². The van der Waals surface area contributed by atoms with E-state index in [9.17, 15) is 4.79 Å². The minimum Gasteiger partial charge on any atom is -0.497 e. The number of carbonyl (C=O) groups is 1. The van der Waals surface area contributed by atoms with Gasteiger partial charge in [0.25, 0.3) is 0 Å². The summed E-state index contributed by atoms with van der Waals surface area (Å²) in [6.07, 6.45) is 0. The van der Waals surface area contributed by atoms with E-state index >= 15 is 0 Å². The van der Waals surface area contributed by atoms with Crippen molar-refractivity contribution in [3.63, 3.8) is 0 Å². The van der Waals surface area contributed by atoms with Crippen LogP contribution in [0.3, 0.4) is 0 Å². The number of methoxy groups -OCH3 is 1. The Hall–Kier alpha value is -2.35. The Bertz CT molecular complexity index is 984. The summed E-state index contributed by atoms with van der Waals surface area (Å²) in [6, 6.07) is 18.2. The summed E-state index contributed by atoms with van der Waals surface area (Å²) in [7, 11) is 1.66. The third kappa shape index (κ3) is 5.67. The lowest BCUT2D eigenvalue weighted by molar-refractivity contribution is -0.132. The van der Waals surface area contributed by atoms with Crippen LogP contribution in [0.1, 0.15) is 12.6 Å². The zero-order chi connectivity index (χ0) is 21.6. The highest BCUT2D eigenvalue weighted by Gasteiger charge is 2.26. The van der Waals surface area contributed by atoms with Crippen LogP contribution in [0.4, 0.5) is 0 Å². The second-order valence-corrected chi connectivity index (χ2v) is 9.82. The molecule has 0 bridgehead atoms. The number of aromatic nitrogens is 1. The van der Waals surface area contributed by atoms with Gasteiger partial charge in [0.05, 0.1) is 18.1 Å². The highest BCUT2D eigenvalue weighted by atomic mass is 32.2. The van der Waals surface area contributed by atoms with Crippen molar-refractivity contribution >= 4 is 29.0 Å². The average molecular weight is 454 g/mol. The first-order valence-electron chi connectivity index (χ1n) is 10.4. The van der Waals surface area contributed by atoms with E-state index in [0.717, 1.165) is 59.6 Å². The van der Waals surface area contributed by atoms with Gasteiger partial charge < -0.3 is 9.64 Å². The van der Waals surface area contributed by atoms with Crippen LogP contribution in [0.5, 0.6) is 5.75 Å². The van der Waals surface area contributed by atoms with Crippen molar-refractivity contribution in [1.29, 1.82) is 0 Å². The predicted octanol–water partition coefficient (Wildman–Crippen LogP) is 4.64. The van der Waals surface area contributed by atoms with Crippen LogP contribution in [0, 0.1) is 0 Å². The maximum Gasteiger partial charge on any atom is 0.235 e. The van der Waals surface area contributed by atoms with Crippen LogP contribution in [0.2, 0.25) is 0 Å². The minimum absolute atomic E-state index is 0.105. The van der Waals surface area contributed by atoms with E-state index in [4.69, 9.17) is 9.72 Å². The number of ether oxygens (including phenoxy) is 1. The summed E-state index contributed by atoms with van der Waals surface area (Å²) < 4.78 is 5.20. The SMILES string of the molecule is COc1ccc(SC(C)C(=O)N2CCN(Cc3csc(-c4ccccc4)n3)CC2)cc1. The van der Waals surface area contributed by atoms with Gasteiger partial charge in [-0.2, -0.15) is 0 Å². The van der Waals surface area contributed by atoms with E-state index in [2.05, 4.69) is 22.4 Å². The smallest absolute Gasteiger partial charge is 0.235 e. The van der Waals surface area contributed by atoms with Gasteiger partial charge in [-0.15, -0.1) is 23.1 Å². The first-order chi connectivity index (χ1) is 15.1. The highest BCUT2D eigenvalue weighted by Crippen LogP contribution is 2.27. The fourth-order valence-electron chi connectivity index (χ4n) is 3.61. The molecule has 2 aromatic carbocycles. The molecule has 1 amide bonds. The fourth-order valence-corrected chi connectivity index (χ4v) is 5.38. The molecule has 2 heterocycles. The van der Waals surface area contributed by atoms with Crippen molar-refractivity contribution in [3.05, 3.63) is 65.7 Å². The Balaban J connectivity index is 1.26. The minimum atomic E-state index is -0.105. The van der Waals surface area contributed by atoms with Gasteiger partial charge in [0.2, 0.25) is 5.91 Å². The Labute approximate surface area is 192 Å². The topological polar surface area (TPSA) is 45.7 Å². The van der Waals surface area contributed by atoms with Gasteiger partial charge >= 0.3 is 0 Å². The molecule has 162 valence electrons. The molecule has 7 heteroatoms. The molecule has 0 saturated carbocycles. The second-order valence-electron chi connectivity index (χ2n) is 7.55. The molecule has 4 rings (SSSR count). The maximum atomic E-state index is 12.9. The molecular formula is C24H27N3O2S2. The highest BCUT2D eigenvalue weighted by molar-refractivity contribution is 8.00. The second kappa shape index (κ2) is 10.3. The van der Waals surface area contributed by atoms with Gasteiger partial charge in [-0.05, 0) is 31.2 Å². The number of nitrogens with zero attached hydrogens (tertiary/aromatic N) is 3. The number of thioether (sulfide) groups is 1. The zero-order valence-electron chi connectivity index (χ0n) is 17.9. The first kappa shape index (κ1) is 21.9. The molecule has 0 aliphatic carbocycles. The Morgan fingerprint density at radius 2 is 1.81 bits per heavy atom. The normalized spacial score (nSPS) is 15.6. The molecule has 1 saturated heterocycles. The predicted molar refractivity (Wildman–Crippen MR) is 128 cm³/mol. The molecule has 0 spiro atoms. The number of amides is 1. The largest absolute Gasteiger partial charge is 0.497 e. The van der Waals surface area contributed by atoms with Gasteiger partial charge in [-0.1, -0.05) is 30.3 Å². The van der Waals surface area contributed by atoms with Gasteiger partial charge in [0.1, 0.15) is 10.8 Å². The van der Waals surface area contributed by atoms with E-state index in [0.29, 0.717) is 0 Å². The number of benzene rings is 2. The van der Waals surface area contributed by atoms with Crippen LogP contribution in [0.15, 0.2) is 64.9 Å². The van der Waals surface area contributed by atoms with E-state index in [1.165, 1.54) is 0 Å². The molecule has 0 radical (unpaired) electrons. The molecule has 5 nitrogen and oxygen atoms in total. The van der Waals surface area contributed by atoms with Crippen LogP contribution in [0.25, 0.3) is 10.6 Å². The Morgan fingerprint density at radius 3 is 2.48 bits per heavy atom. The van der Waals surface area contributed by atoms with Crippen LogP contribution >= 0.6 is 23.1 Å². The van der Waals surface area contributed by atoms with Crippen molar-refractivity contribution in [3.8, 4) is 16.3 Å². The summed E-state index contributed by atoms with van der Waals surface area (Å²) in [4.78, 5) is 23.2. The molecule has 0 N–H and O–H groups in total. The van der Waals surface area contributed by atoms with Crippen molar-refractivity contribution in [2.45, 2.75) is 23.6 Å². The van der Waals surface area contributed by atoms with Crippen molar-refractivity contribution in [2.24, 2.45) is 0 Å². The molecule has 1 atom stereocenters. The number of rotatable bonds is 7. The summed E-state index contributed by atoms with van der Waals surface area (Å²) in [6.45, 7) is 6.11. The van der Waals surface area contributed by atoms with Gasteiger partial charge in [-0.3, -0.25) is 9.69 Å². The summed E-state index contributed by atoms with van der Waals surface area (Å²) in [5.41, 5.74) is 2.27. The Kier molecular flexibility index (Phi) is 7.27.